The number of amides is 2. The van der Waals surface area contributed by atoms with E-state index in [9.17, 15) is 9.59 Å². The van der Waals surface area contributed by atoms with Crippen LogP contribution < -0.4 is 10.6 Å². The van der Waals surface area contributed by atoms with Gasteiger partial charge >= 0.3 is 11.8 Å². The number of likely N-dealkylation sites (tertiary alicyclic amines) is 1. The van der Waals surface area contributed by atoms with Gasteiger partial charge in [0.25, 0.3) is 0 Å². The molecular formula is C14H20N4O2. The van der Waals surface area contributed by atoms with Crippen LogP contribution in [-0.2, 0) is 9.59 Å². The van der Waals surface area contributed by atoms with Gasteiger partial charge in [-0.15, -0.1) is 0 Å². The second-order valence-corrected chi connectivity index (χ2v) is 4.82. The summed E-state index contributed by atoms with van der Waals surface area (Å²) in [5.41, 5.74) is 0.566. The molecule has 1 aromatic rings. The standard InChI is InChI=1S/C14H20N4O2/c1-2-18-9-3-4-12(18)10-16-13(19)14(20)17-11-5-7-15-8-6-11/h5-8,12H,2-4,9-10H2,1H3,(H,16,19)(H,15,17,20)/t12-/m0/s1. The summed E-state index contributed by atoms with van der Waals surface area (Å²) in [5.74, 6) is -1.23. The van der Waals surface area contributed by atoms with E-state index in [0.29, 0.717) is 18.3 Å². The van der Waals surface area contributed by atoms with Crippen LogP contribution in [0.2, 0.25) is 0 Å². The smallest absolute Gasteiger partial charge is 0.313 e. The van der Waals surface area contributed by atoms with Crippen molar-refractivity contribution < 1.29 is 9.59 Å². The number of likely N-dealkylation sites (N-methyl/N-ethyl adjacent to an activating group) is 1. The molecule has 1 aliphatic heterocycles. The highest BCUT2D eigenvalue weighted by Crippen LogP contribution is 2.15. The van der Waals surface area contributed by atoms with E-state index in [1.54, 1.807) is 24.5 Å². The second-order valence-electron chi connectivity index (χ2n) is 4.82. The van der Waals surface area contributed by atoms with Crippen molar-refractivity contribution in [1.29, 1.82) is 0 Å². The largest absolute Gasteiger partial charge is 0.346 e. The number of pyridine rings is 1. The monoisotopic (exact) mass is 276 g/mol. The van der Waals surface area contributed by atoms with Crippen LogP contribution in [0.4, 0.5) is 5.69 Å². The van der Waals surface area contributed by atoms with Crippen molar-refractivity contribution in [2.24, 2.45) is 0 Å². The number of hydrogen-bond donors (Lipinski definition) is 2. The molecule has 1 atom stereocenters. The van der Waals surface area contributed by atoms with Gasteiger partial charge < -0.3 is 10.6 Å². The lowest BCUT2D eigenvalue weighted by Crippen LogP contribution is -2.43. The van der Waals surface area contributed by atoms with Gasteiger partial charge in [0, 0.05) is 30.7 Å². The van der Waals surface area contributed by atoms with E-state index < -0.39 is 11.8 Å². The summed E-state index contributed by atoms with van der Waals surface area (Å²) in [7, 11) is 0. The molecule has 0 spiro atoms. The van der Waals surface area contributed by atoms with E-state index in [1.807, 2.05) is 0 Å². The number of rotatable bonds is 4. The van der Waals surface area contributed by atoms with Gasteiger partial charge in [-0.25, -0.2) is 0 Å². The molecule has 0 bridgehead atoms. The maximum atomic E-state index is 11.7. The van der Waals surface area contributed by atoms with Crippen LogP contribution in [0.3, 0.4) is 0 Å². The minimum absolute atomic E-state index is 0.345. The van der Waals surface area contributed by atoms with Crippen LogP contribution in [-0.4, -0.2) is 47.4 Å². The van der Waals surface area contributed by atoms with E-state index in [1.165, 1.54) is 0 Å². The summed E-state index contributed by atoms with van der Waals surface area (Å²) in [5, 5.41) is 5.24. The highest BCUT2D eigenvalue weighted by Gasteiger charge is 2.24. The Bertz CT molecular complexity index is 464. The maximum absolute atomic E-state index is 11.7. The Morgan fingerprint density at radius 1 is 1.35 bits per heavy atom. The molecule has 1 aliphatic rings. The fraction of sp³-hybridized carbons (Fsp3) is 0.500. The minimum atomic E-state index is -0.641. The van der Waals surface area contributed by atoms with Gasteiger partial charge in [-0.1, -0.05) is 6.92 Å². The third-order valence-electron chi connectivity index (χ3n) is 3.55. The van der Waals surface area contributed by atoms with Crippen LogP contribution in [0.25, 0.3) is 0 Å². The number of nitrogens with one attached hydrogen (secondary N) is 2. The zero-order chi connectivity index (χ0) is 14.4. The average Bonchev–Trinajstić information content (AvgIpc) is 2.93. The summed E-state index contributed by atoms with van der Waals surface area (Å²) in [6, 6.07) is 3.62. The van der Waals surface area contributed by atoms with E-state index in [-0.39, 0.29) is 0 Å². The number of aromatic nitrogens is 1. The lowest BCUT2D eigenvalue weighted by molar-refractivity contribution is -0.136. The molecular weight excluding hydrogens is 256 g/mol. The Morgan fingerprint density at radius 2 is 2.10 bits per heavy atom. The molecule has 0 aliphatic carbocycles. The predicted molar refractivity (Wildman–Crippen MR) is 76.1 cm³/mol. The highest BCUT2D eigenvalue weighted by atomic mass is 16.2. The Morgan fingerprint density at radius 3 is 2.80 bits per heavy atom. The molecule has 1 fully saturated rings. The third kappa shape index (κ3) is 3.77. The minimum Gasteiger partial charge on any atom is -0.346 e. The molecule has 1 saturated heterocycles. The van der Waals surface area contributed by atoms with Crippen LogP contribution in [0.1, 0.15) is 19.8 Å². The van der Waals surface area contributed by atoms with Gasteiger partial charge in [0.15, 0.2) is 0 Å². The van der Waals surface area contributed by atoms with Crippen LogP contribution in [0, 0.1) is 0 Å². The van der Waals surface area contributed by atoms with Crippen molar-refractivity contribution >= 4 is 17.5 Å². The third-order valence-corrected chi connectivity index (χ3v) is 3.55. The van der Waals surface area contributed by atoms with Gasteiger partial charge in [-0.2, -0.15) is 0 Å². The summed E-state index contributed by atoms with van der Waals surface area (Å²) in [6.07, 6.45) is 5.34. The van der Waals surface area contributed by atoms with Gasteiger partial charge in [-0.05, 0) is 38.1 Å². The first kappa shape index (κ1) is 14.5. The SMILES string of the molecule is CCN1CCC[C@H]1CNC(=O)C(=O)Nc1ccncc1. The van der Waals surface area contributed by atoms with Crippen molar-refractivity contribution in [3.8, 4) is 0 Å². The van der Waals surface area contributed by atoms with Gasteiger partial charge in [0.05, 0.1) is 0 Å². The molecule has 2 heterocycles. The highest BCUT2D eigenvalue weighted by molar-refractivity contribution is 6.39. The number of carbonyl (C=O) groups excluding carboxylic acids is 2. The molecule has 0 aromatic carbocycles. The number of hydrogen-bond acceptors (Lipinski definition) is 4. The first-order chi connectivity index (χ1) is 9.70. The molecule has 108 valence electrons. The van der Waals surface area contributed by atoms with Crippen LogP contribution in [0.5, 0.6) is 0 Å². The number of carbonyl (C=O) groups is 2. The number of anilines is 1. The van der Waals surface area contributed by atoms with Crippen LogP contribution in [0.15, 0.2) is 24.5 Å². The second kappa shape index (κ2) is 7.00. The summed E-state index contributed by atoms with van der Waals surface area (Å²) >= 11 is 0. The molecule has 0 unspecified atom stereocenters. The maximum Gasteiger partial charge on any atom is 0.313 e. The molecule has 2 rings (SSSR count). The lowest BCUT2D eigenvalue weighted by atomic mass is 10.2. The van der Waals surface area contributed by atoms with Crippen molar-refractivity contribution in [2.45, 2.75) is 25.8 Å². The van der Waals surface area contributed by atoms with Crippen molar-refractivity contribution in [2.75, 3.05) is 25.0 Å². The Kier molecular flexibility index (Phi) is 5.06. The molecule has 6 nitrogen and oxygen atoms in total. The summed E-state index contributed by atoms with van der Waals surface area (Å²) in [4.78, 5) is 29.6. The Balaban J connectivity index is 1.78. The van der Waals surface area contributed by atoms with Gasteiger partial charge in [0.1, 0.15) is 0 Å². The van der Waals surface area contributed by atoms with Gasteiger partial charge in [0.2, 0.25) is 0 Å². The van der Waals surface area contributed by atoms with E-state index >= 15 is 0 Å². The molecule has 0 saturated carbocycles. The Hall–Kier alpha value is -1.95. The van der Waals surface area contributed by atoms with E-state index in [2.05, 4.69) is 27.4 Å². The molecule has 1 aromatic heterocycles. The fourth-order valence-corrected chi connectivity index (χ4v) is 2.46. The first-order valence-electron chi connectivity index (χ1n) is 6.94. The molecule has 20 heavy (non-hydrogen) atoms. The normalized spacial score (nSPS) is 18.8. The predicted octanol–water partition coefficient (Wildman–Crippen LogP) is 0.621. The summed E-state index contributed by atoms with van der Waals surface area (Å²) in [6.45, 7) is 4.68. The van der Waals surface area contributed by atoms with Crippen LogP contribution >= 0.6 is 0 Å². The molecule has 2 amide bonds. The van der Waals surface area contributed by atoms with E-state index in [0.717, 1.165) is 25.9 Å². The summed E-state index contributed by atoms with van der Waals surface area (Å²) < 4.78 is 0. The lowest BCUT2D eigenvalue weighted by Gasteiger charge is -2.22. The van der Waals surface area contributed by atoms with Crippen molar-refractivity contribution in [3.05, 3.63) is 24.5 Å². The first-order valence-corrected chi connectivity index (χ1v) is 6.94. The van der Waals surface area contributed by atoms with Crippen molar-refractivity contribution in [3.63, 3.8) is 0 Å². The number of nitrogens with zero attached hydrogens (tertiary/aromatic N) is 2. The van der Waals surface area contributed by atoms with Crippen molar-refractivity contribution in [1.82, 2.24) is 15.2 Å². The zero-order valence-corrected chi connectivity index (χ0v) is 11.6. The topological polar surface area (TPSA) is 74.3 Å². The van der Waals surface area contributed by atoms with E-state index in [4.69, 9.17) is 0 Å². The molecule has 6 heteroatoms. The quantitative estimate of drug-likeness (QED) is 0.791. The fourth-order valence-electron chi connectivity index (χ4n) is 2.46. The van der Waals surface area contributed by atoms with Gasteiger partial charge in [-0.3, -0.25) is 19.5 Å². The zero-order valence-electron chi connectivity index (χ0n) is 11.6. The average molecular weight is 276 g/mol. The molecule has 2 N–H and O–H groups in total. The molecule has 0 radical (unpaired) electrons. The Labute approximate surface area is 118 Å².